The van der Waals surface area contributed by atoms with E-state index in [0.717, 1.165) is 0 Å². The number of allylic oxidation sites excluding steroid dienone is 1. The highest BCUT2D eigenvalue weighted by Crippen LogP contribution is 2.40. The van der Waals surface area contributed by atoms with Gasteiger partial charge < -0.3 is 0 Å². The largest absolute Gasteiger partial charge is 0.103 e. The summed E-state index contributed by atoms with van der Waals surface area (Å²) in [6, 6.07) is 21.7. The maximum atomic E-state index is 4.51. The molecule has 0 amide bonds. The second kappa shape index (κ2) is 6.44. The van der Waals surface area contributed by atoms with Crippen LogP contribution in [-0.4, -0.2) is 8.07 Å². The molecule has 2 aromatic carbocycles. The van der Waals surface area contributed by atoms with Crippen LogP contribution >= 0.6 is 0 Å². The highest BCUT2D eigenvalue weighted by atomic mass is 28.3. The fourth-order valence-electron chi connectivity index (χ4n) is 2.87. The molecule has 110 valence electrons. The van der Waals surface area contributed by atoms with Gasteiger partial charge in [0.15, 0.2) is 0 Å². The molecular formula is C20H26Si. The van der Waals surface area contributed by atoms with E-state index in [9.17, 15) is 0 Å². The molecule has 0 bridgehead atoms. The second-order valence-electron chi connectivity index (χ2n) is 6.86. The SMILES string of the molecule is C=C(C(c1ccccc1)C(C)c1ccccc1)[Si](C)(C)C. The molecule has 2 aromatic rings. The van der Waals surface area contributed by atoms with Crippen molar-refractivity contribution >= 4 is 8.07 Å². The van der Waals surface area contributed by atoms with Crippen LogP contribution in [0.1, 0.15) is 29.9 Å². The van der Waals surface area contributed by atoms with E-state index in [1.807, 2.05) is 0 Å². The molecule has 2 rings (SSSR count). The average molecular weight is 295 g/mol. The number of hydrogen-bond acceptors (Lipinski definition) is 0. The Bertz CT molecular complexity index is 578. The smallest absolute Gasteiger partial charge is 0.0725 e. The van der Waals surface area contributed by atoms with Gasteiger partial charge in [0.1, 0.15) is 0 Å². The van der Waals surface area contributed by atoms with Crippen molar-refractivity contribution in [1.82, 2.24) is 0 Å². The molecule has 0 aliphatic heterocycles. The lowest BCUT2D eigenvalue weighted by atomic mass is 9.82. The Morgan fingerprint density at radius 3 is 1.67 bits per heavy atom. The lowest BCUT2D eigenvalue weighted by Crippen LogP contribution is -2.29. The summed E-state index contributed by atoms with van der Waals surface area (Å²) in [6.45, 7) is 14.0. The summed E-state index contributed by atoms with van der Waals surface area (Å²) < 4.78 is 0. The Kier molecular flexibility index (Phi) is 4.84. The minimum Gasteiger partial charge on any atom is -0.103 e. The third-order valence-electron chi connectivity index (χ3n) is 4.32. The summed E-state index contributed by atoms with van der Waals surface area (Å²) in [5.41, 5.74) is 2.78. The molecule has 0 radical (unpaired) electrons. The fraction of sp³-hybridized carbons (Fsp3) is 0.300. The summed E-state index contributed by atoms with van der Waals surface area (Å²) in [4.78, 5) is 0. The molecule has 0 spiro atoms. The van der Waals surface area contributed by atoms with Crippen LogP contribution in [0.25, 0.3) is 0 Å². The number of benzene rings is 2. The average Bonchev–Trinajstić information content (AvgIpc) is 2.48. The molecule has 0 fully saturated rings. The van der Waals surface area contributed by atoms with Crippen LogP contribution in [0.5, 0.6) is 0 Å². The zero-order valence-electron chi connectivity index (χ0n) is 13.6. The molecule has 0 nitrogen and oxygen atoms in total. The van der Waals surface area contributed by atoms with Crippen molar-refractivity contribution in [2.24, 2.45) is 0 Å². The molecule has 2 unspecified atom stereocenters. The molecular weight excluding hydrogens is 268 g/mol. The van der Waals surface area contributed by atoms with Crippen molar-refractivity contribution in [3.8, 4) is 0 Å². The summed E-state index contributed by atoms with van der Waals surface area (Å²) in [7, 11) is -1.40. The normalized spacial score (nSPS) is 14.5. The third-order valence-corrected chi connectivity index (χ3v) is 6.56. The van der Waals surface area contributed by atoms with Crippen molar-refractivity contribution in [2.75, 3.05) is 0 Å². The molecule has 0 heterocycles. The predicted molar refractivity (Wildman–Crippen MR) is 96.5 cm³/mol. The Balaban J connectivity index is 2.44. The Labute approximate surface area is 130 Å². The molecule has 2 atom stereocenters. The van der Waals surface area contributed by atoms with Crippen LogP contribution in [0, 0.1) is 0 Å². The molecule has 0 aliphatic rings. The predicted octanol–water partition coefficient (Wildman–Crippen LogP) is 6.01. The molecule has 1 heteroatoms. The third kappa shape index (κ3) is 3.73. The van der Waals surface area contributed by atoms with Gasteiger partial charge in [0, 0.05) is 5.92 Å². The zero-order chi connectivity index (χ0) is 15.5. The van der Waals surface area contributed by atoms with Gasteiger partial charge in [-0.05, 0) is 17.0 Å². The second-order valence-corrected chi connectivity index (χ2v) is 12.0. The Hall–Kier alpha value is -1.60. The summed E-state index contributed by atoms with van der Waals surface area (Å²) in [5, 5.41) is 1.44. The van der Waals surface area contributed by atoms with E-state index in [-0.39, 0.29) is 0 Å². The first kappa shape index (κ1) is 15.8. The van der Waals surface area contributed by atoms with Crippen molar-refractivity contribution in [2.45, 2.75) is 38.4 Å². The van der Waals surface area contributed by atoms with Crippen molar-refractivity contribution in [3.63, 3.8) is 0 Å². The van der Waals surface area contributed by atoms with Gasteiger partial charge >= 0.3 is 0 Å². The topological polar surface area (TPSA) is 0 Å². The van der Waals surface area contributed by atoms with E-state index in [4.69, 9.17) is 0 Å². The van der Waals surface area contributed by atoms with Gasteiger partial charge in [-0.15, -0.1) is 6.58 Å². The zero-order valence-corrected chi connectivity index (χ0v) is 14.6. The summed E-state index contributed by atoms with van der Waals surface area (Å²) >= 11 is 0. The highest BCUT2D eigenvalue weighted by Gasteiger charge is 2.30. The Morgan fingerprint density at radius 2 is 1.24 bits per heavy atom. The molecule has 21 heavy (non-hydrogen) atoms. The van der Waals surface area contributed by atoms with Crippen molar-refractivity contribution in [1.29, 1.82) is 0 Å². The van der Waals surface area contributed by atoms with Crippen LogP contribution in [0.3, 0.4) is 0 Å². The van der Waals surface area contributed by atoms with Crippen LogP contribution in [-0.2, 0) is 0 Å². The van der Waals surface area contributed by atoms with Crippen molar-refractivity contribution in [3.05, 3.63) is 83.6 Å². The maximum absolute atomic E-state index is 4.51. The van der Waals surface area contributed by atoms with E-state index >= 15 is 0 Å². The molecule has 0 saturated carbocycles. The van der Waals surface area contributed by atoms with Gasteiger partial charge in [-0.3, -0.25) is 0 Å². The lowest BCUT2D eigenvalue weighted by molar-refractivity contribution is 0.664. The van der Waals surface area contributed by atoms with E-state index in [0.29, 0.717) is 11.8 Å². The quantitative estimate of drug-likeness (QED) is 0.593. The van der Waals surface area contributed by atoms with Gasteiger partial charge in [0.05, 0.1) is 8.07 Å². The number of rotatable bonds is 5. The van der Waals surface area contributed by atoms with Gasteiger partial charge in [-0.1, -0.05) is 92.4 Å². The lowest BCUT2D eigenvalue weighted by Gasteiger charge is -2.33. The fourth-order valence-corrected chi connectivity index (χ4v) is 4.22. The standard InChI is InChI=1S/C20H26Si/c1-16(18-12-8-6-9-13-18)20(17(2)21(3,4)5)19-14-10-7-11-15-19/h6-16,20H,2H2,1,3-5H3. The minimum absolute atomic E-state index is 0.403. The van der Waals surface area contributed by atoms with Gasteiger partial charge in [0.25, 0.3) is 0 Å². The van der Waals surface area contributed by atoms with Gasteiger partial charge in [-0.2, -0.15) is 0 Å². The van der Waals surface area contributed by atoms with Crippen LogP contribution in [0.2, 0.25) is 19.6 Å². The number of hydrogen-bond donors (Lipinski definition) is 0. The van der Waals surface area contributed by atoms with Crippen molar-refractivity contribution < 1.29 is 0 Å². The van der Waals surface area contributed by atoms with E-state index in [1.165, 1.54) is 16.3 Å². The minimum atomic E-state index is -1.40. The Morgan fingerprint density at radius 1 is 0.810 bits per heavy atom. The molecule has 0 aromatic heterocycles. The molecule has 0 N–H and O–H groups in total. The van der Waals surface area contributed by atoms with Crippen LogP contribution in [0.15, 0.2) is 72.4 Å². The van der Waals surface area contributed by atoms with E-state index in [2.05, 4.69) is 93.8 Å². The summed E-state index contributed by atoms with van der Waals surface area (Å²) in [6.07, 6.45) is 0. The summed E-state index contributed by atoms with van der Waals surface area (Å²) in [5.74, 6) is 0.855. The first-order valence-electron chi connectivity index (χ1n) is 7.70. The first-order chi connectivity index (χ1) is 9.91. The highest BCUT2D eigenvalue weighted by molar-refractivity contribution is 6.83. The van der Waals surface area contributed by atoms with E-state index in [1.54, 1.807) is 0 Å². The van der Waals surface area contributed by atoms with Crippen LogP contribution < -0.4 is 0 Å². The maximum Gasteiger partial charge on any atom is 0.0725 e. The van der Waals surface area contributed by atoms with Gasteiger partial charge in [0.2, 0.25) is 0 Å². The monoisotopic (exact) mass is 294 g/mol. The first-order valence-corrected chi connectivity index (χ1v) is 11.2. The van der Waals surface area contributed by atoms with E-state index < -0.39 is 8.07 Å². The van der Waals surface area contributed by atoms with Gasteiger partial charge in [-0.25, -0.2) is 0 Å². The molecule has 0 saturated heterocycles. The molecule has 0 aliphatic carbocycles. The van der Waals surface area contributed by atoms with Crippen LogP contribution in [0.4, 0.5) is 0 Å².